The lowest BCUT2D eigenvalue weighted by molar-refractivity contribution is -0.127. The summed E-state index contributed by atoms with van der Waals surface area (Å²) in [6, 6.07) is 10.4. The largest absolute Gasteiger partial charge is 0.372 e. The van der Waals surface area contributed by atoms with Crippen LogP contribution in [0.15, 0.2) is 30.3 Å². The molecule has 23 heavy (non-hydrogen) atoms. The normalized spacial score (nSPS) is 23.4. The highest BCUT2D eigenvalue weighted by atomic mass is 16.6. The molecular formula is C19H30O4. The Kier molecular flexibility index (Phi) is 6.60. The maximum absolute atomic E-state index is 8.08. The number of ether oxygens (including phenoxy) is 2. The topological polar surface area (TPSA) is 58.9 Å². The molecule has 1 saturated carbocycles. The summed E-state index contributed by atoms with van der Waals surface area (Å²) in [6.45, 7) is 4.19. The van der Waals surface area contributed by atoms with Gasteiger partial charge in [-0.2, -0.15) is 0 Å². The van der Waals surface area contributed by atoms with Gasteiger partial charge in [-0.1, -0.05) is 49.6 Å². The van der Waals surface area contributed by atoms with Crippen LogP contribution in [-0.4, -0.2) is 34.3 Å². The Bertz CT molecular complexity index is 440. The molecule has 3 rings (SSSR count). The first-order valence-electron chi connectivity index (χ1n) is 8.63. The molecule has 1 heterocycles. The van der Waals surface area contributed by atoms with E-state index in [0.29, 0.717) is 6.10 Å². The van der Waals surface area contributed by atoms with Gasteiger partial charge in [-0.3, -0.25) is 0 Å². The molecule has 2 N–H and O–H groups in total. The molecule has 130 valence electrons. The van der Waals surface area contributed by atoms with Gasteiger partial charge in [0, 0.05) is 0 Å². The van der Waals surface area contributed by atoms with Crippen molar-refractivity contribution < 1.29 is 19.7 Å². The molecule has 0 amide bonds. The monoisotopic (exact) mass is 322 g/mol. The van der Waals surface area contributed by atoms with Crippen LogP contribution in [-0.2, 0) is 16.1 Å². The van der Waals surface area contributed by atoms with E-state index in [2.05, 4.69) is 24.3 Å². The van der Waals surface area contributed by atoms with Crippen LogP contribution >= 0.6 is 0 Å². The van der Waals surface area contributed by atoms with E-state index in [0.717, 1.165) is 19.6 Å². The summed E-state index contributed by atoms with van der Waals surface area (Å²) in [6.07, 6.45) is 7.69. The molecule has 1 saturated heterocycles. The minimum absolute atomic E-state index is 0.0486. The van der Waals surface area contributed by atoms with Gasteiger partial charge in [-0.05, 0) is 38.7 Å². The maximum atomic E-state index is 8.08. The van der Waals surface area contributed by atoms with Crippen molar-refractivity contribution in [3.8, 4) is 0 Å². The fourth-order valence-electron chi connectivity index (χ4n) is 3.35. The van der Waals surface area contributed by atoms with Crippen molar-refractivity contribution in [2.75, 3.05) is 6.61 Å². The van der Waals surface area contributed by atoms with Crippen molar-refractivity contribution in [1.29, 1.82) is 0 Å². The summed E-state index contributed by atoms with van der Waals surface area (Å²) in [5, 5.41) is 16.2. The molecule has 2 fully saturated rings. The fourth-order valence-corrected chi connectivity index (χ4v) is 3.35. The van der Waals surface area contributed by atoms with Crippen LogP contribution in [0.4, 0.5) is 0 Å². The highest BCUT2D eigenvalue weighted by molar-refractivity contribution is 5.13. The van der Waals surface area contributed by atoms with Gasteiger partial charge in [0.1, 0.15) is 0 Å². The molecule has 0 aromatic heterocycles. The van der Waals surface area contributed by atoms with Crippen LogP contribution in [0.5, 0.6) is 0 Å². The van der Waals surface area contributed by atoms with Gasteiger partial charge in [0.2, 0.25) is 0 Å². The van der Waals surface area contributed by atoms with Crippen LogP contribution in [0, 0.1) is 0 Å². The number of aliphatic hydroxyl groups is 2. The fraction of sp³-hybridized carbons (Fsp3) is 0.684. The van der Waals surface area contributed by atoms with Gasteiger partial charge in [0.15, 0.2) is 5.79 Å². The number of hydrogen-bond acceptors (Lipinski definition) is 4. The van der Waals surface area contributed by atoms with Gasteiger partial charge < -0.3 is 19.7 Å². The first kappa shape index (κ1) is 18.4. The summed E-state index contributed by atoms with van der Waals surface area (Å²) in [5.41, 5.74) is 1.31. The summed E-state index contributed by atoms with van der Waals surface area (Å²) in [4.78, 5) is 0. The number of benzene rings is 1. The molecule has 1 unspecified atom stereocenters. The second kappa shape index (κ2) is 8.25. The van der Waals surface area contributed by atoms with Crippen molar-refractivity contribution in [3.63, 3.8) is 0 Å². The van der Waals surface area contributed by atoms with Gasteiger partial charge in [0.25, 0.3) is 0 Å². The highest BCUT2D eigenvalue weighted by Gasteiger charge is 2.45. The zero-order valence-electron chi connectivity index (χ0n) is 14.3. The molecule has 1 aliphatic carbocycles. The second-order valence-electron chi connectivity index (χ2n) is 7.04. The Morgan fingerprint density at radius 2 is 1.74 bits per heavy atom. The van der Waals surface area contributed by atoms with Gasteiger partial charge in [0.05, 0.1) is 24.9 Å². The first-order chi connectivity index (χ1) is 10.9. The predicted molar refractivity (Wildman–Crippen MR) is 89.9 cm³/mol. The second-order valence-corrected chi connectivity index (χ2v) is 7.04. The minimum Gasteiger partial charge on any atom is -0.372 e. The quantitative estimate of drug-likeness (QED) is 0.837. The van der Waals surface area contributed by atoms with E-state index < -0.39 is 5.79 Å². The third-order valence-electron chi connectivity index (χ3n) is 4.35. The average molecular weight is 322 g/mol. The van der Waals surface area contributed by atoms with Crippen LogP contribution in [0.1, 0.15) is 57.9 Å². The van der Waals surface area contributed by atoms with E-state index in [1.807, 2.05) is 6.07 Å². The van der Waals surface area contributed by atoms with Gasteiger partial charge >= 0.3 is 0 Å². The van der Waals surface area contributed by atoms with Crippen molar-refractivity contribution in [2.24, 2.45) is 0 Å². The summed E-state index contributed by atoms with van der Waals surface area (Å²) in [5.74, 6) is -1.50. The molecular weight excluding hydrogens is 292 g/mol. The highest BCUT2D eigenvalue weighted by Crippen LogP contribution is 2.41. The van der Waals surface area contributed by atoms with Gasteiger partial charge in [-0.25, -0.2) is 0 Å². The third-order valence-corrected chi connectivity index (χ3v) is 4.35. The molecule has 4 heteroatoms. The number of rotatable bonds is 3. The molecule has 1 aliphatic heterocycles. The van der Waals surface area contributed by atoms with E-state index in [4.69, 9.17) is 19.7 Å². The zero-order valence-corrected chi connectivity index (χ0v) is 14.3. The molecule has 2 aliphatic rings. The van der Waals surface area contributed by atoms with Crippen LogP contribution < -0.4 is 0 Å². The number of hydrogen-bond donors (Lipinski definition) is 2. The Labute approximate surface area is 139 Å². The van der Waals surface area contributed by atoms with Gasteiger partial charge in [-0.15, -0.1) is 0 Å². The van der Waals surface area contributed by atoms with Crippen LogP contribution in [0.2, 0.25) is 0 Å². The Balaban J connectivity index is 0.000000338. The molecule has 1 spiro atoms. The lowest BCUT2D eigenvalue weighted by Gasteiger charge is -2.37. The van der Waals surface area contributed by atoms with Crippen molar-refractivity contribution in [3.05, 3.63) is 35.9 Å². The van der Waals surface area contributed by atoms with Crippen LogP contribution in [0.3, 0.4) is 0 Å². The van der Waals surface area contributed by atoms with Crippen molar-refractivity contribution >= 4 is 0 Å². The van der Waals surface area contributed by atoms with E-state index in [9.17, 15) is 0 Å². The maximum Gasteiger partial charge on any atom is 0.156 e. The van der Waals surface area contributed by atoms with Crippen LogP contribution in [0.25, 0.3) is 0 Å². The smallest absolute Gasteiger partial charge is 0.156 e. The van der Waals surface area contributed by atoms with Crippen molar-refractivity contribution in [1.82, 2.24) is 0 Å². The lowest BCUT2D eigenvalue weighted by atomic mass is 9.81. The standard InChI is InChI=1S/C16H22O2.C3H8O2/c1-3-7-14(8-4-1)13-17-15-9-12-18-16(15)10-5-2-6-11-16;1-3(2,4)5/h1,3-4,7-8,15H,2,5-6,9-13H2;4-5H,1-2H3. The first-order valence-corrected chi connectivity index (χ1v) is 8.63. The van der Waals surface area contributed by atoms with E-state index in [1.54, 1.807) is 0 Å². The zero-order chi connectivity index (χ0) is 16.8. The summed E-state index contributed by atoms with van der Waals surface area (Å²) >= 11 is 0. The third kappa shape index (κ3) is 6.22. The molecule has 4 nitrogen and oxygen atoms in total. The Morgan fingerprint density at radius 1 is 1.13 bits per heavy atom. The summed E-state index contributed by atoms with van der Waals surface area (Å²) < 4.78 is 12.2. The Hall–Kier alpha value is -0.940. The predicted octanol–water partition coefficient (Wildman–Crippen LogP) is 3.40. The molecule has 1 atom stereocenters. The summed E-state index contributed by atoms with van der Waals surface area (Å²) in [7, 11) is 0. The Morgan fingerprint density at radius 3 is 2.35 bits per heavy atom. The molecule has 1 aromatic carbocycles. The van der Waals surface area contributed by atoms with E-state index in [-0.39, 0.29) is 5.60 Å². The minimum atomic E-state index is -1.50. The van der Waals surface area contributed by atoms with E-state index >= 15 is 0 Å². The van der Waals surface area contributed by atoms with Crippen molar-refractivity contribution in [2.45, 2.75) is 76.5 Å². The average Bonchev–Trinajstić information content (AvgIpc) is 2.87. The van der Waals surface area contributed by atoms with E-state index in [1.165, 1.54) is 51.5 Å². The SMILES string of the molecule is CC(C)(O)O.c1ccc(COC2CCOC23CCCCC3)cc1. The molecule has 0 radical (unpaired) electrons. The molecule has 1 aromatic rings. The molecule has 0 bridgehead atoms. The lowest BCUT2D eigenvalue weighted by Crippen LogP contribution is -2.42.